The lowest BCUT2D eigenvalue weighted by Gasteiger charge is -2.36. The van der Waals surface area contributed by atoms with Crippen LogP contribution in [0.5, 0.6) is 11.5 Å². The number of rotatable bonds is 6. The molecule has 1 saturated heterocycles. The van der Waals surface area contributed by atoms with Crippen molar-refractivity contribution in [3.63, 3.8) is 0 Å². The van der Waals surface area contributed by atoms with Crippen LogP contribution in [0.15, 0.2) is 42.7 Å². The molecule has 1 fully saturated rings. The maximum atomic E-state index is 12.6. The first-order valence-corrected chi connectivity index (χ1v) is 8.14. The van der Waals surface area contributed by atoms with Gasteiger partial charge in [0.25, 0.3) is 0 Å². The smallest absolute Gasteiger partial charge is 0.387 e. The Labute approximate surface area is 145 Å². The Balaban J connectivity index is 1.79. The first kappa shape index (κ1) is 17.6. The maximum absolute atomic E-state index is 12.6. The Morgan fingerprint density at radius 2 is 2.04 bits per heavy atom. The molecule has 1 unspecified atom stereocenters. The summed E-state index contributed by atoms with van der Waals surface area (Å²) >= 11 is 0. The fraction of sp³-hybridized carbons (Fsp3) is 0.389. The predicted octanol–water partition coefficient (Wildman–Crippen LogP) is 2.84. The Morgan fingerprint density at radius 3 is 2.76 bits per heavy atom. The summed E-state index contributed by atoms with van der Waals surface area (Å²) in [6.45, 7) is 0.342. The van der Waals surface area contributed by atoms with E-state index in [-0.39, 0.29) is 11.8 Å². The zero-order valence-corrected chi connectivity index (χ0v) is 14.0. The molecule has 7 heteroatoms. The third-order valence-corrected chi connectivity index (χ3v) is 4.27. The lowest BCUT2D eigenvalue weighted by Crippen LogP contribution is -2.45. The average Bonchev–Trinajstić information content (AvgIpc) is 2.63. The summed E-state index contributed by atoms with van der Waals surface area (Å²) in [7, 11) is 1.43. The number of aromatic nitrogens is 1. The molecule has 1 N–H and O–H groups in total. The molecule has 1 aromatic heterocycles. The van der Waals surface area contributed by atoms with Gasteiger partial charge in [0.1, 0.15) is 0 Å². The van der Waals surface area contributed by atoms with Gasteiger partial charge in [-0.15, -0.1) is 0 Å². The van der Waals surface area contributed by atoms with Gasteiger partial charge in [-0.05, 0) is 35.4 Å². The van der Waals surface area contributed by atoms with Crippen LogP contribution in [0.25, 0.3) is 0 Å². The second kappa shape index (κ2) is 8.22. The summed E-state index contributed by atoms with van der Waals surface area (Å²) in [5.74, 6) is 0.362. The number of alkyl halides is 2. The highest BCUT2D eigenvalue weighted by Gasteiger charge is 2.24. The Bertz CT molecular complexity index is 685. The van der Waals surface area contributed by atoms with Gasteiger partial charge in [-0.25, -0.2) is 0 Å². The van der Waals surface area contributed by atoms with Gasteiger partial charge in [-0.2, -0.15) is 8.78 Å². The largest absolute Gasteiger partial charge is 0.493 e. The molecule has 1 aromatic carbocycles. The fourth-order valence-corrected chi connectivity index (χ4v) is 3.09. The number of hydrogen-bond donors (Lipinski definition) is 1. The first-order chi connectivity index (χ1) is 12.2. The minimum absolute atomic E-state index is 0.0607. The minimum Gasteiger partial charge on any atom is -0.493 e. The number of nitrogens with zero attached hydrogens (tertiary/aromatic N) is 2. The first-order valence-electron chi connectivity index (χ1n) is 8.14. The lowest BCUT2D eigenvalue weighted by atomic mass is 10.0. The van der Waals surface area contributed by atoms with Crippen molar-refractivity contribution in [2.24, 2.45) is 0 Å². The highest BCUT2D eigenvalue weighted by molar-refractivity contribution is 5.43. The molecule has 25 heavy (non-hydrogen) atoms. The van der Waals surface area contributed by atoms with Crippen LogP contribution in [0.2, 0.25) is 0 Å². The number of piperazine rings is 1. The second-order valence-electron chi connectivity index (χ2n) is 5.83. The van der Waals surface area contributed by atoms with Gasteiger partial charge < -0.3 is 14.8 Å². The molecule has 0 saturated carbocycles. The van der Waals surface area contributed by atoms with Crippen molar-refractivity contribution in [3.8, 4) is 11.5 Å². The Kier molecular flexibility index (Phi) is 5.78. The number of benzene rings is 1. The monoisotopic (exact) mass is 349 g/mol. The van der Waals surface area contributed by atoms with Crippen LogP contribution in [0.1, 0.15) is 17.2 Å². The van der Waals surface area contributed by atoms with Gasteiger partial charge in [0, 0.05) is 44.6 Å². The quantitative estimate of drug-likeness (QED) is 0.869. The van der Waals surface area contributed by atoms with E-state index in [9.17, 15) is 8.78 Å². The van der Waals surface area contributed by atoms with E-state index in [4.69, 9.17) is 4.74 Å². The highest BCUT2D eigenvalue weighted by atomic mass is 19.3. The molecule has 1 atom stereocenters. The summed E-state index contributed by atoms with van der Waals surface area (Å²) < 4.78 is 34.9. The molecule has 1 aliphatic rings. The van der Waals surface area contributed by atoms with E-state index in [1.54, 1.807) is 24.5 Å². The number of halogens is 2. The second-order valence-corrected chi connectivity index (χ2v) is 5.83. The zero-order valence-electron chi connectivity index (χ0n) is 14.0. The Morgan fingerprint density at radius 1 is 1.24 bits per heavy atom. The van der Waals surface area contributed by atoms with Crippen LogP contribution in [-0.4, -0.2) is 43.2 Å². The van der Waals surface area contributed by atoms with E-state index in [0.29, 0.717) is 12.3 Å². The summed E-state index contributed by atoms with van der Waals surface area (Å²) in [5, 5.41) is 3.40. The van der Waals surface area contributed by atoms with Crippen LogP contribution in [0.3, 0.4) is 0 Å². The van der Waals surface area contributed by atoms with Crippen molar-refractivity contribution in [3.05, 3.63) is 53.9 Å². The molecule has 2 aromatic rings. The van der Waals surface area contributed by atoms with Crippen molar-refractivity contribution in [2.75, 3.05) is 26.7 Å². The normalized spacial score (nSPS) is 18.3. The van der Waals surface area contributed by atoms with Crippen LogP contribution in [0.4, 0.5) is 8.78 Å². The minimum atomic E-state index is -2.88. The molecule has 0 bridgehead atoms. The molecular formula is C18H21F2N3O2. The average molecular weight is 349 g/mol. The predicted molar refractivity (Wildman–Crippen MR) is 89.9 cm³/mol. The van der Waals surface area contributed by atoms with Crippen molar-refractivity contribution >= 4 is 0 Å². The maximum Gasteiger partial charge on any atom is 0.387 e. The summed E-state index contributed by atoms with van der Waals surface area (Å²) in [6, 6.07) is 9.38. The lowest BCUT2D eigenvalue weighted by molar-refractivity contribution is -0.0512. The van der Waals surface area contributed by atoms with E-state index in [1.807, 2.05) is 18.2 Å². The molecule has 0 amide bonds. The SMILES string of the molecule is COc1ccc(CN2CCNCC2c2ccncc2)cc1OC(F)F. The van der Waals surface area contributed by atoms with Crippen molar-refractivity contribution < 1.29 is 18.3 Å². The number of pyridine rings is 1. The van der Waals surface area contributed by atoms with Crippen molar-refractivity contribution in [1.29, 1.82) is 0 Å². The number of nitrogens with one attached hydrogen (secondary N) is 1. The van der Waals surface area contributed by atoms with Gasteiger partial charge in [0.2, 0.25) is 0 Å². The van der Waals surface area contributed by atoms with Crippen molar-refractivity contribution in [1.82, 2.24) is 15.2 Å². The van der Waals surface area contributed by atoms with Crippen molar-refractivity contribution in [2.45, 2.75) is 19.2 Å². The van der Waals surface area contributed by atoms with E-state index in [2.05, 4.69) is 19.9 Å². The van der Waals surface area contributed by atoms with Gasteiger partial charge >= 0.3 is 6.61 Å². The van der Waals surface area contributed by atoms with Crippen LogP contribution < -0.4 is 14.8 Å². The van der Waals surface area contributed by atoms with Gasteiger partial charge in [-0.1, -0.05) is 6.07 Å². The van der Waals surface area contributed by atoms with Crippen LogP contribution >= 0.6 is 0 Å². The number of ether oxygens (including phenoxy) is 2. The number of methoxy groups -OCH3 is 1. The van der Waals surface area contributed by atoms with E-state index in [0.717, 1.165) is 25.2 Å². The van der Waals surface area contributed by atoms with Gasteiger partial charge in [0.05, 0.1) is 7.11 Å². The molecule has 3 rings (SSSR count). The molecule has 0 radical (unpaired) electrons. The van der Waals surface area contributed by atoms with Crippen LogP contribution in [-0.2, 0) is 6.54 Å². The summed E-state index contributed by atoms with van der Waals surface area (Å²) in [4.78, 5) is 6.39. The van der Waals surface area contributed by atoms with E-state index in [1.165, 1.54) is 12.7 Å². The summed E-state index contributed by atoms with van der Waals surface area (Å²) in [5.41, 5.74) is 2.08. The fourth-order valence-electron chi connectivity index (χ4n) is 3.09. The van der Waals surface area contributed by atoms with E-state index >= 15 is 0 Å². The standard InChI is InChI=1S/C18H21F2N3O2/c1-24-16-3-2-13(10-17(16)25-18(19)20)12-23-9-8-22-11-15(23)14-4-6-21-7-5-14/h2-7,10,15,18,22H,8-9,11-12H2,1H3. The number of hydrogen-bond acceptors (Lipinski definition) is 5. The molecule has 1 aliphatic heterocycles. The third-order valence-electron chi connectivity index (χ3n) is 4.27. The van der Waals surface area contributed by atoms with Gasteiger partial charge in [-0.3, -0.25) is 9.88 Å². The molecule has 134 valence electrons. The third kappa shape index (κ3) is 4.43. The molecule has 0 spiro atoms. The Hall–Kier alpha value is -2.25. The van der Waals surface area contributed by atoms with Gasteiger partial charge in [0.15, 0.2) is 11.5 Å². The molecule has 5 nitrogen and oxygen atoms in total. The van der Waals surface area contributed by atoms with E-state index < -0.39 is 6.61 Å². The summed E-state index contributed by atoms with van der Waals surface area (Å²) in [6.07, 6.45) is 3.56. The highest BCUT2D eigenvalue weighted by Crippen LogP contribution is 2.31. The zero-order chi connectivity index (χ0) is 17.6. The molecular weight excluding hydrogens is 328 g/mol. The van der Waals surface area contributed by atoms with Crippen LogP contribution in [0, 0.1) is 0 Å². The topological polar surface area (TPSA) is 46.6 Å². The molecule has 0 aliphatic carbocycles. The molecule has 2 heterocycles.